The number of benzene rings is 2. The van der Waals surface area contributed by atoms with Gasteiger partial charge in [-0.2, -0.15) is 0 Å². The highest BCUT2D eigenvalue weighted by Crippen LogP contribution is 2.36. The van der Waals surface area contributed by atoms with E-state index in [4.69, 9.17) is 23.2 Å². The lowest BCUT2D eigenvalue weighted by Gasteiger charge is -2.13. The van der Waals surface area contributed by atoms with Crippen molar-refractivity contribution in [2.45, 2.75) is 18.9 Å². The fourth-order valence-corrected chi connectivity index (χ4v) is 3.19. The van der Waals surface area contributed by atoms with Gasteiger partial charge in [0.2, 0.25) is 0 Å². The van der Waals surface area contributed by atoms with E-state index in [0.717, 1.165) is 17.7 Å². The van der Waals surface area contributed by atoms with Crippen molar-refractivity contribution in [3.8, 4) is 11.1 Å². The molecule has 0 spiro atoms. The topological polar surface area (TPSA) is 12.0 Å². The first-order valence-electron chi connectivity index (χ1n) is 6.44. The van der Waals surface area contributed by atoms with Crippen LogP contribution in [-0.4, -0.2) is 6.54 Å². The van der Waals surface area contributed by atoms with E-state index in [0.29, 0.717) is 16.1 Å². The fourth-order valence-electron chi connectivity index (χ4n) is 2.58. The maximum absolute atomic E-state index is 6.26. The number of hydrogen-bond donors (Lipinski definition) is 1. The Morgan fingerprint density at radius 1 is 1.16 bits per heavy atom. The van der Waals surface area contributed by atoms with Crippen LogP contribution in [0.3, 0.4) is 0 Å². The molecule has 1 radical (unpaired) electrons. The molecule has 3 rings (SSSR count). The highest BCUT2D eigenvalue weighted by molar-refractivity contribution is 6.39. The third-order valence-corrected chi connectivity index (χ3v) is 4.16. The molecule has 1 unspecified atom stereocenters. The van der Waals surface area contributed by atoms with Crippen LogP contribution in [-0.2, 0) is 0 Å². The molecular formula is C16H14Cl2N. The van der Waals surface area contributed by atoms with Crippen LogP contribution in [0.2, 0.25) is 10.0 Å². The molecule has 1 aliphatic heterocycles. The molecule has 2 aromatic rings. The van der Waals surface area contributed by atoms with E-state index in [1.165, 1.54) is 18.4 Å². The second kappa shape index (κ2) is 5.54. The van der Waals surface area contributed by atoms with Gasteiger partial charge in [0.25, 0.3) is 0 Å². The van der Waals surface area contributed by atoms with E-state index in [2.05, 4.69) is 17.4 Å². The highest BCUT2D eigenvalue weighted by Gasteiger charge is 2.17. The third-order valence-electron chi connectivity index (χ3n) is 3.53. The van der Waals surface area contributed by atoms with Crippen molar-refractivity contribution in [3.63, 3.8) is 0 Å². The first-order valence-corrected chi connectivity index (χ1v) is 7.20. The minimum Gasteiger partial charge on any atom is -0.310 e. The van der Waals surface area contributed by atoms with Crippen molar-refractivity contribution in [1.29, 1.82) is 0 Å². The Labute approximate surface area is 123 Å². The van der Waals surface area contributed by atoms with Gasteiger partial charge >= 0.3 is 0 Å². The average molecular weight is 291 g/mol. The Hall–Kier alpha value is -1.02. The fraction of sp³-hybridized carbons (Fsp3) is 0.250. The lowest BCUT2D eigenvalue weighted by molar-refractivity contribution is 0.648. The van der Waals surface area contributed by atoms with Crippen molar-refractivity contribution in [2.75, 3.05) is 6.54 Å². The molecule has 0 aliphatic carbocycles. The smallest absolute Gasteiger partial charge is 0.0499 e. The summed E-state index contributed by atoms with van der Waals surface area (Å²) in [5, 5.41) is 4.85. The van der Waals surface area contributed by atoms with Crippen molar-refractivity contribution in [1.82, 2.24) is 5.32 Å². The number of halogens is 2. The standard InChI is InChI=1S/C16H14Cl2N/c17-13-6-2-7-14(18)16(13)12-5-1-4-11(10-12)15-8-3-9-19-15/h2,4-7,10,15,19H,3,8-9H2. The minimum absolute atomic E-state index is 0.428. The third kappa shape index (κ3) is 2.64. The van der Waals surface area contributed by atoms with Gasteiger partial charge in [0.15, 0.2) is 0 Å². The highest BCUT2D eigenvalue weighted by atomic mass is 35.5. The first kappa shape index (κ1) is 13.0. The minimum atomic E-state index is 0.428. The van der Waals surface area contributed by atoms with E-state index in [1.54, 1.807) is 0 Å². The van der Waals surface area contributed by atoms with Crippen molar-refractivity contribution >= 4 is 23.2 Å². The number of nitrogens with one attached hydrogen (secondary N) is 1. The summed E-state index contributed by atoms with van der Waals surface area (Å²) in [7, 11) is 0. The van der Waals surface area contributed by atoms with Crippen LogP contribution >= 0.6 is 23.2 Å². The quantitative estimate of drug-likeness (QED) is 0.831. The van der Waals surface area contributed by atoms with Crippen molar-refractivity contribution in [3.05, 3.63) is 58.1 Å². The second-order valence-corrected chi connectivity index (χ2v) is 5.62. The summed E-state index contributed by atoms with van der Waals surface area (Å²) >= 11 is 12.5. The number of hydrogen-bond acceptors (Lipinski definition) is 1. The zero-order chi connectivity index (χ0) is 13.2. The van der Waals surface area contributed by atoms with E-state index in [1.807, 2.05) is 30.3 Å². The maximum atomic E-state index is 6.26. The van der Waals surface area contributed by atoms with Crippen LogP contribution in [0.25, 0.3) is 11.1 Å². The molecule has 0 saturated carbocycles. The van der Waals surface area contributed by atoms with E-state index in [9.17, 15) is 0 Å². The Balaban J connectivity index is 2.03. The molecule has 97 valence electrons. The Morgan fingerprint density at radius 2 is 1.95 bits per heavy atom. The normalized spacial score (nSPS) is 18.7. The lowest BCUT2D eigenvalue weighted by atomic mass is 9.98. The van der Waals surface area contributed by atoms with Gasteiger partial charge in [-0.3, -0.25) is 0 Å². The van der Waals surface area contributed by atoms with Crippen molar-refractivity contribution < 1.29 is 0 Å². The van der Waals surface area contributed by atoms with Crippen LogP contribution in [0.1, 0.15) is 24.4 Å². The maximum Gasteiger partial charge on any atom is 0.0499 e. The lowest BCUT2D eigenvalue weighted by Crippen LogP contribution is -2.12. The first-order chi connectivity index (χ1) is 9.25. The van der Waals surface area contributed by atoms with Gasteiger partial charge in [-0.1, -0.05) is 29.3 Å². The monoisotopic (exact) mass is 290 g/mol. The molecule has 19 heavy (non-hydrogen) atoms. The molecule has 1 fully saturated rings. The zero-order valence-electron chi connectivity index (χ0n) is 10.4. The summed E-state index contributed by atoms with van der Waals surface area (Å²) in [5.74, 6) is 0. The molecule has 1 atom stereocenters. The van der Waals surface area contributed by atoms with Crippen LogP contribution in [0.15, 0.2) is 36.4 Å². The van der Waals surface area contributed by atoms with E-state index >= 15 is 0 Å². The molecule has 0 aromatic heterocycles. The summed E-state index contributed by atoms with van der Waals surface area (Å²) in [6.45, 7) is 1.09. The SMILES string of the molecule is Clc1cccc(Cl)c1-c1c[c]cc(C2CCCN2)c1. The van der Waals surface area contributed by atoms with Gasteiger partial charge in [0.1, 0.15) is 0 Å². The van der Waals surface area contributed by atoms with Gasteiger partial charge in [-0.25, -0.2) is 0 Å². The summed E-state index contributed by atoms with van der Waals surface area (Å²) in [6, 6.07) is 15.4. The average Bonchev–Trinajstić information content (AvgIpc) is 2.93. The predicted octanol–water partition coefficient (Wildman–Crippen LogP) is 4.89. The molecule has 0 bridgehead atoms. The predicted molar refractivity (Wildman–Crippen MR) is 80.7 cm³/mol. The summed E-state index contributed by atoms with van der Waals surface area (Å²) in [5.41, 5.74) is 3.18. The van der Waals surface area contributed by atoms with Gasteiger partial charge in [0, 0.05) is 21.7 Å². The summed E-state index contributed by atoms with van der Waals surface area (Å²) in [6.07, 6.45) is 2.40. The van der Waals surface area contributed by atoms with Crippen LogP contribution in [0, 0.1) is 6.07 Å². The van der Waals surface area contributed by atoms with Gasteiger partial charge in [-0.05, 0) is 66.9 Å². The number of rotatable bonds is 2. The van der Waals surface area contributed by atoms with Gasteiger partial charge in [-0.15, -0.1) is 0 Å². The second-order valence-electron chi connectivity index (χ2n) is 4.80. The van der Waals surface area contributed by atoms with Gasteiger partial charge in [0.05, 0.1) is 0 Å². The Bertz CT molecular complexity index is 569. The molecule has 3 heteroatoms. The van der Waals surface area contributed by atoms with Crippen molar-refractivity contribution in [2.24, 2.45) is 0 Å². The van der Waals surface area contributed by atoms with E-state index < -0.39 is 0 Å². The molecule has 1 aliphatic rings. The van der Waals surface area contributed by atoms with Crippen LogP contribution < -0.4 is 5.32 Å². The largest absolute Gasteiger partial charge is 0.310 e. The Kier molecular flexibility index (Phi) is 3.79. The zero-order valence-corrected chi connectivity index (χ0v) is 11.9. The van der Waals surface area contributed by atoms with Gasteiger partial charge < -0.3 is 5.32 Å². The molecule has 1 saturated heterocycles. The molecular weight excluding hydrogens is 277 g/mol. The van der Waals surface area contributed by atoms with Crippen LogP contribution in [0.5, 0.6) is 0 Å². The van der Waals surface area contributed by atoms with E-state index in [-0.39, 0.29) is 0 Å². The molecule has 1 heterocycles. The summed E-state index contributed by atoms with van der Waals surface area (Å²) in [4.78, 5) is 0. The molecule has 1 N–H and O–H groups in total. The molecule has 2 aromatic carbocycles. The molecule has 1 nitrogen and oxygen atoms in total. The molecule has 0 amide bonds. The Morgan fingerprint density at radius 3 is 2.63 bits per heavy atom. The summed E-state index contributed by atoms with van der Waals surface area (Å²) < 4.78 is 0. The van der Waals surface area contributed by atoms with Crippen LogP contribution in [0.4, 0.5) is 0 Å².